The van der Waals surface area contributed by atoms with E-state index < -0.39 is 0 Å². The van der Waals surface area contributed by atoms with Crippen LogP contribution in [0.1, 0.15) is 24.3 Å². The molecule has 0 aliphatic carbocycles. The molecule has 2 saturated heterocycles. The lowest BCUT2D eigenvalue weighted by Gasteiger charge is -2.19. The first kappa shape index (κ1) is 21.4. The van der Waals surface area contributed by atoms with Gasteiger partial charge < -0.3 is 33.9 Å². The minimum atomic E-state index is -0.261. The quantitative estimate of drug-likeness (QED) is 0.687. The molecule has 0 spiro atoms. The Morgan fingerprint density at radius 1 is 1.15 bits per heavy atom. The lowest BCUT2D eigenvalue weighted by atomic mass is 9.98. The van der Waals surface area contributed by atoms with Crippen LogP contribution in [-0.4, -0.2) is 63.0 Å². The molecule has 2 amide bonds. The minimum absolute atomic E-state index is 0.00395. The summed E-state index contributed by atoms with van der Waals surface area (Å²) in [7, 11) is 1.60. The number of likely N-dealkylation sites (tertiary alicyclic amines) is 1. The van der Waals surface area contributed by atoms with Crippen molar-refractivity contribution < 1.29 is 33.3 Å². The van der Waals surface area contributed by atoms with E-state index in [1.165, 1.54) is 0 Å². The predicted molar refractivity (Wildman–Crippen MR) is 118 cm³/mol. The Balaban J connectivity index is 1.22. The van der Waals surface area contributed by atoms with Crippen molar-refractivity contribution in [3.8, 4) is 23.0 Å². The number of hydrogen-bond acceptors (Lipinski definition) is 7. The highest BCUT2D eigenvalue weighted by molar-refractivity contribution is 5.95. The van der Waals surface area contributed by atoms with Gasteiger partial charge in [0, 0.05) is 37.1 Å². The molecule has 33 heavy (non-hydrogen) atoms. The number of nitrogens with zero attached hydrogens (tertiary/aromatic N) is 1. The number of ether oxygens (including phenoxy) is 5. The Kier molecular flexibility index (Phi) is 5.95. The smallest absolute Gasteiger partial charge is 0.243 e. The van der Waals surface area contributed by atoms with Gasteiger partial charge in [-0.3, -0.25) is 9.59 Å². The van der Waals surface area contributed by atoms with Crippen LogP contribution in [0, 0.1) is 0 Å². The average molecular weight is 454 g/mol. The number of methoxy groups -OCH3 is 1. The summed E-state index contributed by atoms with van der Waals surface area (Å²) in [6.07, 6.45) is 1.17. The van der Waals surface area contributed by atoms with Crippen LogP contribution >= 0.6 is 0 Å². The Morgan fingerprint density at radius 3 is 2.85 bits per heavy atom. The fourth-order valence-electron chi connectivity index (χ4n) is 4.32. The highest BCUT2D eigenvalue weighted by Gasteiger charge is 2.32. The standard InChI is InChI=1S/C24H26N2O7/c1-29-19-4-2-15(8-22(19)33-18-6-7-30-13-18)16-9-24(28)26(11-16)12-23(27)25-17-3-5-20-21(10-17)32-14-31-20/h2-5,8,10,16,18H,6-7,9,11-14H2,1H3,(H,25,27)/t16-,18-/m1/s1. The Morgan fingerprint density at radius 2 is 2.03 bits per heavy atom. The highest BCUT2D eigenvalue weighted by atomic mass is 16.7. The normalized spacial score (nSPS) is 21.4. The minimum Gasteiger partial charge on any atom is -0.493 e. The van der Waals surface area contributed by atoms with Crippen LogP contribution in [0.4, 0.5) is 5.69 Å². The van der Waals surface area contributed by atoms with Gasteiger partial charge in [0.25, 0.3) is 0 Å². The molecule has 1 N–H and O–H groups in total. The second-order valence-electron chi connectivity index (χ2n) is 8.31. The SMILES string of the molecule is COc1ccc([C@@H]2CC(=O)N(CC(=O)Nc3ccc4c(c3)OCO4)C2)cc1O[C@@H]1CCOC1. The first-order chi connectivity index (χ1) is 16.1. The third-order valence-corrected chi connectivity index (χ3v) is 6.05. The molecule has 2 aromatic carbocycles. The maximum absolute atomic E-state index is 12.6. The van der Waals surface area contributed by atoms with Crippen molar-refractivity contribution in [2.75, 3.05) is 45.5 Å². The van der Waals surface area contributed by atoms with Crippen molar-refractivity contribution in [1.82, 2.24) is 4.90 Å². The maximum atomic E-state index is 12.6. The Hall–Kier alpha value is -3.46. The van der Waals surface area contributed by atoms with Gasteiger partial charge in [0.05, 0.1) is 26.9 Å². The number of anilines is 1. The van der Waals surface area contributed by atoms with Crippen molar-refractivity contribution >= 4 is 17.5 Å². The van der Waals surface area contributed by atoms with E-state index >= 15 is 0 Å². The van der Waals surface area contributed by atoms with Gasteiger partial charge in [-0.1, -0.05) is 6.07 Å². The largest absolute Gasteiger partial charge is 0.493 e. The van der Waals surface area contributed by atoms with Crippen LogP contribution in [-0.2, 0) is 14.3 Å². The van der Waals surface area contributed by atoms with Crippen LogP contribution in [0.3, 0.4) is 0 Å². The summed E-state index contributed by atoms with van der Waals surface area (Å²) in [6, 6.07) is 10.9. The third-order valence-electron chi connectivity index (χ3n) is 6.05. The topological polar surface area (TPSA) is 95.6 Å². The lowest BCUT2D eigenvalue weighted by molar-refractivity contribution is -0.131. The number of amides is 2. The number of fused-ring (bicyclic) bond motifs is 1. The van der Waals surface area contributed by atoms with E-state index in [-0.39, 0.29) is 37.2 Å². The zero-order valence-corrected chi connectivity index (χ0v) is 18.4. The number of carbonyl (C=O) groups excluding carboxylic acids is 2. The predicted octanol–water partition coefficient (Wildman–Crippen LogP) is 2.55. The van der Waals surface area contributed by atoms with Gasteiger partial charge in [-0.25, -0.2) is 0 Å². The van der Waals surface area contributed by atoms with Gasteiger partial charge in [0.15, 0.2) is 23.0 Å². The van der Waals surface area contributed by atoms with Gasteiger partial charge in [0.1, 0.15) is 6.10 Å². The molecule has 0 aromatic heterocycles. The molecule has 174 valence electrons. The lowest BCUT2D eigenvalue weighted by Crippen LogP contribution is -2.34. The first-order valence-electron chi connectivity index (χ1n) is 11.0. The average Bonchev–Trinajstić information content (AvgIpc) is 3.56. The molecule has 2 aromatic rings. The maximum Gasteiger partial charge on any atom is 0.243 e. The summed E-state index contributed by atoms with van der Waals surface area (Å²) in [5, 5.41) is 2.82. The van der Waals surface area contributed by atoms with Gasteiger partial charge in [-0.05, 0) is 29.8 Å². The molecule has 3 aliphatic heterocycles. The number of carbonyl (C=O) groups is 2. The van der Waals surface area contributed by atoms with Crippen LogP contribution in [0.5, 0.6) is 23.0 Å². The van der Waals surface area contributed by atoms with Gasteiger partial charge >= 0.3 is 0 Å². The van der Waals surface area contributed by atoms with Crippen molar-refractivity contribution in [2.45, 2.75) is 24.9 Å². The van der Waals surface area contributed by atoms with E-state index in [0.29, 0.717) is 54.9 Å². The molecule has 0 unspecified atom stereocenters. The van der Waals surface area contributed by atoms with Crippen LogP contribution in [0.2, 0.25) is 0 Å². The number of rotatable bonds is 7. The Labute approximate surface area is 191 Å². The number of benzene rings is 2. The second kappa shape index (κ2) is 9.19. The van der Waals surface area contributed by atoms with Crippen LogP contribution in [0.25, 0.3) is 0 Å². The number of nitrogens with one attached hydrogen (secondary N) is 1. The van der Waals surface area contributed by atoms with E-state index in [9.17, 15) is 9.59 Å². The molecular weight excluding hydrogens is 428 g/mol. The first-order valence-corrected chi connectivity index (χ1v) is 11.0. The molecule has 0 bridgehead atoms. The van der Waals surface area contributed by atoms with E-state index in [4.69, 9.17) is 23.7 Å². The van der Waals surface area contributed by atoms with E-state index in [1.54, 1.807) is 30.2 Å². The molecule has 3 heterocycles. The zero-order valence-electron chi connectivity index (χ0n) is 18.4. The fourth-order valence-corrected chi connectivity index (χ4v) is 4.32. The van der Waals surface area contributed by atoms with Gasteiger partial charge in [0.2, 0.25) is 18.6 Å². The molecule has 0 saturated carbocycles. The zero-order chi connectivity index (χ0) is 22.8. The summed E-state index contributed by atoms with van der Waals surface area (Å²) >= 11 is 0. The molecule has 9 nitrogen and oxygen atoms in total. The summed E-state index contributed by atoms with van der Waals surface area (Å²) in [6.45, 7) is 1.87. The molecule has 9 heteroatoms. The molecule has 2 fully saturated rings. The molecular formula is C24H26N2O7. The molecule has 2 atom stereocenters. The van der Waals surface area contributed by atoms with E-state index in [2.05, 4.69) is 5.32 Å². The third kappa shape index (κ3) is 4.68. The highest BCUT2D eigenvalue weighted by Crippen LogP contribution is 2.36. The second-order valence-corrected chi connectivity index (χ2v) is 8.31. The monoisotopic (exact) mass is 454 g/mol. The van der Waals surface area contributed by atoms with Crippen LogP contribution < -0.4 is 24.3 Å². The van der Waals surface area contributed by atoms with Gasteiger partial charge in [-0.2, -0.15) is 0 Å². The van der Waals surface area contributed by atoms with E-state index in [1.807, 2.05) is 18.2 Å². The summed E-state index contributed by atoms with van der Waals surface area (Å²) < 4.78 is 27.5. The van der Waals surface area contributed by atoms with Gasteiger partial charge in [-0.15, -0.1) is 0 Å². The summed E-state index contributed by atoms with van der Waals surface area (Å²) in [5.74, 6) is 2.20. The van der Waals surface area contributed by atoms with Crippen molar-refractivity contribution in [1.29, 1.82) is 0 Å². The Bertz CT molecular complexity index is 1050. The summed E-state index contributed by atoms with van der Waals surface area (Å²) in [5.41, 5.74) is 1.58. The molecule has 5 rings (SSSR count). The van der Waals surface area contributed by atoms with Crippen molar-refractivity contribution in [2.24, 2.45) is 0 Å². The number of hydrogen-bond donors (Lipinski definition) is 1. The molecule has 3 aliphatic rings. The van der Waals surface area contributed by atoms with Crippen LogP contribution in [0.15, 0.2) is 36.4 Å². The molecule has 0 radical (unpaired) electrons. The van der Waals surface area contributed by atoms with E-state index in [0.717, 1.165) is 12.0 Å². The summed E-state index contributed by atoms with van der Waals surface area (Å²) in [4.78, 5) is 26.8. The van der Waals surface area contributed by atoms with Crippen molar-refractivity contribution in [3.63, 3.8) is 0 Å². The fraction of sp³-hybridized carbons (Fsp3) is 0.417. The van der Waals surface area contributed by atoms with Crippen molar-refractivity contribution in [3.05, 3.63) is 42.0 Å².